The Bertz CT molecular complexity index is 914. The standard InChI is InChI=1S/C19H21N7O2/c1-13-3-4-15(23-12-13)24-17-6-5-16(25-26-17)20-9-10-22-19(27)14-7-8-21-18(11-14)28-2/h3-8,11-12H,9-10H2,1-2H3,(H,20,25)(H,22,27)(H,23,24,26). The number of hydrogen-bond acceptors (Lipinski definition) is 8. The van der Waals surface area contributed by atoms with Gasteiger partial charge in [0.1, 0.15) is 11.6 Å². The van der Waals surface area contributed by atoms with Gasteiger partial charge in [-0.1, -0.05) is 6.07 Å². The Balaban J connectivity index is 1.43. The smallest absolute Gasteiger partial charge is 0.251 e. The van der Waals surface area contributed by atoms with Gasteiger partial charge in [-0.05, 0) is 36.8 Å². The van der Waals surface area contributed by atoms with Crippen LogP contribution in [0.15, 0.2) is 48.8 Å². The van der Waals surface area contributed by atoms with Crippen molar-refractivity contribution in [3.05, 3.63) is 59.9 Å². The summed E-state index contributed by atoms with van der Waals surface area (Å²) in [6.07, 6.45) is 3.31. The molecule has 0 unspecified atom stereocenters. The summed E-state index contributed by atoms with van der Waals surface area (Å²) in [7, 11) is 1.51. The summed E-state index contributed by atoms with van der Waals surface area (Å²) in [6, 6.07) is 10.7. The highest BCUT2D eigenvalue weighted by molar-refractivity contribution is 5.94. The number of carbonyl (C=O) groups is 1. The molecule has 0 fully saturated rings. The molecular weight excluding hydrogens is 358 g/mol. The van der Waals surface area contributed by atoms with Crippen LogP contribution in [0.5, 0.6) is 5.88 Å². The number of carbonyl (C=O) groups excluding carboxylic acids is 1. The van der Waals surface area contributed by atoms with Gasteiger partial charge in [0.15, 0.2) is 5.82 Å². The summed E-state index contributed by atoms with van der Waals surface area (Å²) in [5, 5.41) is 17.2. The SMILES string of the molecule is COc1cc(C(=O)NCCNc2ccc(Nc3ccc(C)cn3)nn2)ccn1. The Hall–Kier alpha value is -3.75. The molecule has 0 atom stereocenters. The molecule has 0 aromatic carbocycles. The summed E-state index contributed by atoms with van der Waals surface area (Å²) in [4.78, 5) is 20.3. The second-order valence-corrected chi connectivity index (χ2v) is 5.92. The molecule has 1 amide bonds. The molecule has 0 saturated carbocycles. The monoisotopic (exact) mass is 379 g/mol. The van der Waals surface area contributed by atoms with Gasteiger partial charge in [-0.3, -0.25) is 4.79 Å². The van der Waals surface area contributed by atoms with Crippen LogP contribution in [0.3, 0.4) is 0 Å². The van der Waals surface area contributed by atoms with E-state index in [1.807, 2.05) is 19.1 Å². The van der Waals surface area contributed by atoms with Gasteiger partial charge in [0.25, 0.3) is 5.91 Å². The number of amides is 1. The third-order valence-corrected chi connectivity index (χ3v) is 3.75. The van der Waals surface area contributed by atoms with Crippen molar-refractivity contribution in [3.8, 4) is 5.88 Å². The Morgan fingerprint density at radius 3 is 2.50 bits per heavy atom. The fourth-order valence-electron chi connectivity index (χ4n) is 2.30. The van der Waals surface area contributed by atoms with Crippen LogP contribution in [0.2, 0.25) is 0 Å². The van der Waals surface area contributed by atoms with E-state index in [4.69, 9.17) is 4.74 Å². The Kier molecular flexibility index (Phi) is 6.29. The Labute approximate surface area is 162 Å². The molecule has 3 aromatic rings. The minimum Gasteiger partial charge on any atom is -0.481 e. The normalized spacial score (nSPS) is 10.2. The number of rotatable bonds is 8. The third-order valence-electron chi connectivity index (χ3n) is 3.75. The Morgan fingerprint density at radius 1 is 1.00 bits per heavy atom. The molecule has 3 N–H and O–H groups in total. The first kappa shape index (κ1) is 19.0. The third kappa shape index (κ3) is 5.37. The predicted molar refractivity (Wildman–Crippen MR) is 106 cm³/mol. The molecule has 3 aromatic heterocycles. The number of aryl methyl sites for hydroxylation is 1. The molecule has 0 bridgehead atoms. The summed E-state index contributed by atoms with van der Waals surface area (Å²) in [5.74, 6) is 2.12. The number of aromatic nitrogens is 4. The second kappa shape index (κ2) is 9.26. The zero-order valence-electron chi connectivity index (χ0n) is 15.6. The largest absolute Gasteiger partial charge is 0.481 e. The number of pyridine rings is 2. The average Bonchev–Trinajstić information content (AvgIpc) is 2.74. The van der Waals surface area contributed by atoms with Crippen molar-refractivity contribution < 1.29 is 9.53 Å². The molecule has 0 aliphatic heterocycles. The van der Waals surface area contributed by atoms with Crippen molar-refractivity contribution >= 4 is 23.4 Å². The van der Waals surface area contributed by atoms with Crippen molar-refractivity contribution in [3.63, 3.8) is 0 Å². The van der Waals surface area contributed by atoms with Crippen LogP contribution >= 0.6 is 0 Å². The van der Waals surface area contributed by atoms with Crippen LogP contribution in [0.1, 0.15) is 15.9 Å². The number of hydrogen-bond donors (Lipinski definition) is 3. The molecule has 0 aliphatic rings. The number of nitrogens with one attached hydrogen (secondary N) is 3. The minimum atomic E-state index is -0.196. The van der Waals surface area contributed by atoms with Crippen molar-refractivity contribution in [1.29, 1.82) is 0 Å². The van der Waals surface area contributed by atoms with Gasteiger partial charge in [-0.2, -0.15) is 0 Å². The lowest BCUT2D eigenvalue weighted by molar-refractivity contribution is 0.0954. The molecule has 9 heteroatoms. The topological polar surface area (TPSA) is 114 Å². The summed E-state index contributed by atoms with van der Waals surface area (Å²) < 4.78 is 5.01. The van der Waals surface area contributed by atoms with Gasteiger partial charge < -0.3 is 20.7 Å². The second-order valence-electron chi connectivity index (χ2n) is 5.92. The fraction of sp³-hybridized carbons (Fsp3) is 0.211. The maximum absolute atomic E-state index is 12.1. The lowest BCUT2D eigenvalue weighted by Gasteiger charge is -2.08. The molecule has 0 aliphatic carbocycles. The highest BCUT2D eigenvalue weighted by atomic mass is 16.5. The van der Waals surface area contributed by atoms with E-state index in [1.165, 1.54) is 13.3 Å². The quantitative estimate of drug-likeness (QED) is 0.510. The number of methoxy groups -OCH3 is 1. The summed E-state index contributed by atoms with van der Waals surface area (Å²) >= 11 is 0. The summed E-state index contributed by atoms with van der Waals surface area (Å²) in [5.41, 5.74) is 1.58. The minimum absolute atomic E-state index is 0.196. The van der Waals surface area contributed by atoms with Gasteiger partial charge in [0.05, 0.1) is 7.11 Å². The first-order chi connectivity index (χ1) is 13.6. The maximum atomic E-state index is 12.1. The molecule has 28 heavy (non-hydrogen) atoms. The van der Waals surface area contributed by atoms with E-state index >= 15 is 0 Å². The zero-order chi connectivity index (χ0) is 19.8. The average molecular weight is 379 g/mol. The summed E-state index contributed by atoms with van der Waals surface area (Å²) in [6.45, 7) is 2.92. The van der Waals surface area contributed by atoms with Crippen molar-refractivity contribution in [2.75, 3.05) is 30.8 Å². The van der Waals surface area contributed by atoms with E-state index in [0.717, 1.165) is 5.56 Å². The fourth-order valence-corrected chi connectivity index (χ4v) is 2.30. The lowest BCUT2D eigenvalue weighted by Crippen LogP contribution is -2.29. The van der Waals surface area contributed by atoms with Gasteiger partial charge in [-0.25, -0.2) is 9.97 Å². The Morgan fingerprint density at radius 2 is 1.79 bits per heavy atom. The van der Waals surface area contributed by atoms with Crippen LogP contribution in [0, 0.1) is 6.92 Å². The zero-order valence-corrected chi connectivity index (χ0v) is 15.6. The van der Waals surface area contributed by atoms with Crippen LogP contribution in [0.25, 0.3) is 0 Å². The highest BCUT2D eigenvalue weighted by Crippen LogP contribution is 2.12. The van der Waals surface area contributed by atoms with Gasteiger partial charge in [0.2, 0.25) is 5.88 Å². The molecule has 3 rings (SSSR count). The molecule has 144 valence electrons. The van der Waals surface area contributed by atoms with Crippen LogP contribution in [0.4, 0.5) is 17.5 Å². The van der Waals surface area contributed by atoms with Crippen LogP contribution in [-0.2, 0) is 0 Å². The lowest BCUT2D eigenvalue weighted by atomic mass is 10.2. The van der Waals surface area contributed by atoms with E-state index in [1.54, 1.807) is 30.5 Å². The highest BCUT2D eigenvalue weighted by Gasteiger charge is 2.06. The molecule has 0 radical (unpaired) electrons. The number of ether oxygens (including phenoxy) is 1. The van der Waals surface area contributed by atoms with Gasteiger partial charge in [0, 0.05) is 37.1 Å². The molecule has 0 saturated heterocycles. The van der Waals surface area contributed by atoms with E-state index in [0.29, 0.717) is 42.0 Å². The first-order valence-corrected chi connectivity index (χ1v) is 8.69. The number of anilines is 3. The van der Waals surface area contributed by atoms with Crippen molar-refractivity contribution in [2.45, 2.75) is 6.92 Å². The van der Waals surface area contributed by atoms with Crippen LogP contribution < -0.4 is 20.7 Å². The van der Waals surface area contributed by atoms with Gasteiger partial charge in [-0.15, -0.1) is 10.2 Å². The van der Waals surface area contributed by atoms with E-state index in [-0.39, 0.29) is 5.91 Å². The molecule has 9 nitrogen and oxygen atoms in total. The molecular formula is C19H21N7O2. The predicted octanol–water partition coefficient (Wildman–Crippen LogP) is 2.17. The number of nitrogens with zero attached hydrogens (tertiary/aromatic N) is 4. The molecule has 3 heterocycles. The van der Waals surface area contributed by atoms with Gasteiger partial charge >= 0.3 is 0 Å². The van der Waals surface area contributed by atoms with Crippen molar-refractivity contribution in [2.24, 2.45) is 0 Å². The van der Waals surface area contributed by atoms with E-state index in [2.05, 4.69) is 36.1 Å². The molecule has 0 spiro atoms. The first-order valence-electron chi connectivity index (χ1n) is 8.69. The van der Waals surface area contributed by atoms with E-state index in [9.17, 15) is 4.79 Å². The van der Waals surface area contributed by atoms with Crippen molar-refractivity contribution in [1.82, 2.24) is 25.5 Å². The van der Waals surface area contributed by atoms with Crippen LogP contribution in [-0.4, -0.2) is 46.3 Å². The maximum Gasteiger partial charge on any atom is 0.251 e. The van der Waals surface area contributed by atoms with E-state index < -0.39 is 0 Å².